The monoisotopic (exact) mass is 428 g/mol. The van der Waals surface area contributed by atoms with E-state index in [2.05, 4.69) is 24.7 Å². The summed E-state index contributed by atoms with van der Waals surface area (Å²) in [5.41, 5.74) is 20.6. The molecule has 0 saturated carbocycles. The molecule has 0 bridgehead atoms. The van der Waals surface area contributed by atoms with Gasteiger partial charge in [0.1, 0.15) is 11.5 Å². The Morgan fingerprint density at radius 3 is 2.48 bits per heavy atom. The number of phenols is 2. The molecule has 8 N–H and O–H groups in total. The number of benzene rings is 2. The van der Waals surface area contributed by atoms with Crippen molar-refractivity contribution in [3.05, 3.63) is 41.5 Å². The molecule has 0 aliphatic carbocycles. The van der Waals surface area contributed by atoms with E-state index in [1.54, 1.807) is 12.1 Å². The zero-order valence-electron chi connectivity index (χ0n) is 18.6. The van der Waals surface area contributed by atoms with Gasteiger partial charge in [0.15, 0.2) is 0 Å². The van der Waals surface area contributed by atoms with Crippen LogP contribution in [0.3, 0.4) is 0 Å². The quantitative estimate of drug-likeness (QED) is 0.174. The van der Waals surface area contributed by atoms with Gasteiger partial charge in [-0.1, -0.05) is 39.2 Å². The number of carbonyl (C=O) groups is 1. The summed E-state index contributed by atoms with van der Waals surface area (Å²) in [6, 6.07) is 8.48. The van der Waals surface area contributed by atoms with Crippen LogP contribution in [0.4, 0.5) is 5.69 Å². The van der Waals surface area contributed by atoms with Gasteiger partial charge in [-0.15, -0.1) is 0 Å². The van der Waals surface area contributed by atoms with Gasteiger partial charge in [-0.2, -0.15) is 0 Å². The summed E-state index contributed by atoms with van der Waals surface area (Å²) in [5, 5.41) is 21.0. The maximum Gasteiger partial charge on any atom is 0.255 e. The third-order valence-electron chi connectivity index (χ3n) is 5.24. The van der Waals surface area contributed by atoms with Crippen molar-refractivity contribution in [1.29, 1.82) is 0 Å². The van der Waals surface area contributed by atoms with Crippen molar-refractivity contribution in [1.82, 2.24) is 5.43 Å². The zero-order valence-corrected chi connectivity index (χ0v) is 18.6. The van der Waals surface area contributed by atoms with Crippen LogP contribution in [0.5, 0.6) is 11.5 Å². The minimum absolute atomic E-state index is 0.0324. The standard InChI is InChI=1S/C24H36N4O3/c1-3-7-16-13-19(17-10-11-22(29)18(15-17)8-4-2)23(30)21(14-16)27-28-24(31)20(26)9-5-6-12-25/h10-11,13-15,20,27,29-30H,3-9,12,25-26H2,1-2H3,(H,28,31)/t20-/m0/s1. The number of aryl methyl sites for hydroxylation is 2. The van der Waals surface area contributed by atoms with E-state index in [9.17, 15) is 15.0 Å². The lowest BCUT2D eigenvalue weighted by Crippen LogP contribution is -2.43. The predicted octanol–water partition coefficient (Wildman–Crippen LogP) is 3.57. The second-order valence-electron chi connectivity index (χ2n) is 7.89. The first-order valence-corrected chi connectivity index (χ1v) is 11.1. The van der Waals surface area contributed by atoms with Crippen LogP contribution >= 0.6 is 0 Å². The fourth-order valence-electron chi connectivity index (χ4n) is 3.53. The number of hydrogen-bond donors (Lipinski definition) is 6. The van der Waals surface area contributed by atoms with Gasteiger partial charge in [0.2, 0.25) is 0 Å². The molecule has 0 radical (unpaired) electrons. The van der Waals surface area contributed by atoms with Gasteiger partial charge in [-0.3, -0.25) is 15.6 Å². The number of unbranched alkanes of at least 4 members (excludes halogenated alkanes) is 1. The van der Waals surface area contributed by atoms with Crippen LogP contribution in [0.1, 0.15) is 57.1 Å². The first-order valence-electron chi connectivity index (χ1n) is 11.1. The Hall–Kier alpha value is -2.77. The van der Waals surface area contributed by atoms with E-state index in [-0.39, 0.29) is 17.4 Å². The molecule has 0 unspecified atom stereocenters. The number of phenolic OH excluding ortho intramolecular Hbond substituents is 2. The summed E-state index contributed by atoms with van der Waals surface area (Å²) in [4.78, 5) is 12.3. The Morgan fingerprint density at radius 1 is 1.06 bits per heavy atom. The normalized spacial score (nSPS) is 11.9. The smallest absolute Gasteiger partial charge is 0.255 e. The molecule has 0 fully saturated rings. The molecule has 31 heavy (non-hydrogen) atoms. The Bertz CT molecular complexity index is 870. The molecule has 7 nitrogen and oxygen atoms in total. The second kappa shape index (κ2) is 12.2. The number of anilines is 1. The summed E-state index contributed by atoms with van der Waals surface area (Å²) in [6.45, 7) is 4.71. The molecule has 0 spiro atoms. The van der Waals surface area contributed by atoms with Crippen molar-refractivity contribution >= 4 is 11.6 Å². The lowest BCUT2D eigenvalue weighted by atomic mass is 9.96. The van der Waals surface area contributed by atoms with E-state index >= 15 is 0 Å². The van der Waals surface area contributed by atoms with Crippen LogP contribution in [0.25, 0.3) is 11.1 Å². The van der Waals surface area contributed by atoms with E-state index < -0.39 is 6.04 Å². The number of nitrogens with two attached hydrogens (primary N) is 2. The molecule has 0 aliphatic rings. The molecule has 1 atom stereocenters. The Morgan fingerprint density at radius 2 is 1.81 bits per heavy atom. The lowest BCUT2D eigenvalue weighted by Gasteiger charge is -2.18. The van der Waals surface area contributed by atoms with Crippen molar-refractivity contribution in [3.8, 4) is 22.6 Å². The molecule has 1 amide bonds. The van der Waals surface area contributed by atoms with Crippen molar-refractivity contribution in [2.24, 2.45) is 11.5 Å². The van der Waals surface area contributed by atoms with Gasteiger partial charge in [0.05, 0.1) is 11.7 Å². The minimum Gasteiger partial charge on any atom is -0.508 e. The molecular weight excluding hydrogens is 392 g/mol. The fraction of sp³-hybridized carbons (Fsp3) is 0.458. The molecule has 2 rings (SSSR count). The highest BCUT2D eigenvalue weighted by molar-refractivity contribution is 5.84. The lowest BCUT2D eigenvalue weighted by molar-refractivity contribution is -0.122. The molecule has 0 heterocycles. The topological polar surface area (TPSA) is 134 Å². The van der Waals surface area contributed by atoms with E-state index in [1.165, 1.54) is 0 Å². The number of hydrogen-bond acceptors (Lipinski definition) is 6. The fourth-order valence-corrected chi connectivity index (χ4v) is 3.53. The minimum atomic E-state index is -0.645. The molecule has 2 aromatic carbocycles. The zero-order chi connectivity index (χ0) is 22.8. The SMILES string of the molecule is CCCc1cc(NNC(=O)[C@@H](N)CCCCN)c(O)c(-c2ccc(O)c(CCC)c2)c1. The van der Waals surface area contributed by atoms with E-state index in [0.717, 1.165) is 55.2 Å². The van der Waals surface area contributed by atoms with Crippen LogP contribution in [-0.4, -0.2) is 28.7 Å². The molecule has 0 aromatic heterocycles. The van der Waals surface area contributed by atoms with Gasteiger partial charge in [-0.25, -0.2) is 0 Å². The van der Waals surface area contributed by atoms with Crippen molar-refractivity contribution in [3.63, 3.8) is 0 Å². The molecule has 170 valence electrons. The van der Waals surface area contributed by atoms with E-state index in [0.29, 0.717) is 24.2 Å². The van der Waals surface area contributed by atoms with Crippen molar-refractivity contribution in [2.75, 3.05) is 12.0 Å². The maximum absolute atomic E-state index is 12.3. The van der Waals surface area contributed by atoms with Crippen molar-refractivity contribution < 1.29 is 15.0 Å². The van der Waals surface area contributed by atoms with E-state index in [4.69, 9.17) is 11.5 Å². The van der Waals surface area contributed by atoms with Gasteiger partial charge in [0, 0.05) is 5.56 Å². The summed E-state index contributed by atoms with van der Waals surface area (Å²) >= 11 is 0. The predicted molar refractivity (Wildman–Crippen MR) is 126 cm³/mol. The highest BCUT2D eigenvalue weighted by Gasteiger charge is 2.16. The number of hydrazine groups is 1. The first kappa shape index (κ1) is 24.5. The number of rotatable bonds is 12. The average Bonchev–Trinajstić information content (AvgIpc) is 2.75. The van der Waals surface area contributed by atoms with E-state index in [1.807, 2.05) is 18.2 Å². The number of amides is 1. The number of carbonyl (C=O) groups excluding carboxylic acids is 1. The maximum atomic E-state index is 12.3. The van der Waals surface area contributed by atoms with Gasteiger partial charge in [0.25, 0.3) is 5.91 Å². The summed E-state index contributed by atoms with van der Waals surface area (Å²) in [7, 11) is 0. The highest BCUT2D eigenvalue weighted by Crippen LogP contribution is 2.38. The Kier molecular flexibility index (Phi) is 9.62. The van der Waals surface area contributed by atoms with Crippen LogP contribution in [0.2, 0.25) is 0 Å². The average molecular weight is 429 g/mol. The number of aromatic hydroxyl groups is 2. The van der Waals surface area contributed by atoms with Gasteiger partial charge < -0.3 is 21.7 Å². The second-order valence-corrected chi connectivity index (χ2v) is 7.89. The van der Waals surface area contributed by atoms with Crippen LogP contribution in [-0.2, 0) is 17.6 Å². The van der Waals surface area contributed by atoms with Crippen LogP contribution in [0.15, 0.2) is 30.3 Å². The first-order chi connectivity index (χ1) is 14.9. The highest BCUT2D eigenvalue weighted by atomic mass is 16.3. The summed E-state index contributed by atoms with van der Waals surface area (Å²) in [5.74, 6) is -0.0530. The molecule has 0 aliphatic heterocycles. The van der Waals surface area contributed by atoms with Gasteiger partial charge in [-0.05, 0) is 73.2 Å². The van der Waals surface area contributed by atoms with Crippen LogP contribution < -0.4 is 22.3 Å². The third-order valence-corrected chi connectivity index (χ3v) is 5.24. The molecule has 7 heteroatoms. The summed E-state index contributed by atoms with van der Waals surface area (Å²) < 4.78 is 0. The summed E-state index contributed by atoms with van der Waals surface area (Å²) in [6.07, 6.45) is 5.58. The molecular formula is C24H36N4O3. The van der Waals surface area contributed by atoms with Crippen molar-refractivity contribution in [2.45, 2.75) is 64.8 Å². The number of nitrogens with one attached hydrogen (secondary N) is 2. The Balaban J connectivity index is 2.28. The van der Waals surface area contributed by atoms with Gasteiger partial charge >= 0.3 is 0 Å². The van der Waals surface area contributed by atoms with Crippen LogP contribution in [0, 0.1) is 0 Å². The largest absolute Gasteiger partial charge is 0.508 e. The molecule has 0 saturated heterocycles. The third kappa shape index (κ3) is 6.87. The Labute approximate surface area is 184 Å². The molecule has 2 aromatic rings.